The molecular formula is C26H19ClFN3O4. The topological polar surface area (TPSA) is 82.6 Å². The van der Waals surface area contributed by atoms with Crippen LogP contribution in [-0.4, -0.2) is 36.6 Å². The maximum Gasteiger partial charge on any atom is 0.193 e. The molecule has 0 saturated carbocycles. The molecule has 3 aromatic carbocycles. The van der Waals surface area contributed by atoms with Gasteiger partial charge < -0.3 is 19.5 Å². The maximum atomic E-state index is 13.5. The van der Waals surface area contributed by atoms with Crippen LogP contribution in [0.25, 0.3) is 10.9 Å². The number of halogens is 2. The number of carbonyl (C=O) groups excluding carboxylic acids is 1. The molecule has 176 valence electrons. The number of hydrogen-bond acceptors (Lipinski definition) is 7. The molecule has 7 nitrogen and oxygen atoms in total. The Morgan fingerprint density at radius 2 is 1.83 bits per heavy atom. The van der Waals surface area contributed by atoms with Crippen LogP contribution in [-0.2, 0) is 4.79 Å². The predicted octanol–water partition coefficient (Wildman–Crippen LogP) is 5.18. The summed E-state index contributed by atoms with van der Waals surface area (Å²) in [5.41, 5.74) is 1.93. The van der Waals surface area contributed by atoms with Gasteiger partial charge in [-0.3, -0.25) is 4.79 Å². The minimum absolute atomic E-state index is 0.00239. The molecule has 9 heteroatoms. The molecule has 0 saturated heterocycles. The monoisotopic (exact) mass is 491 g/mol. The summed E-state index contributed by atoms with van der Waals surface area (Å²) in [4.78, 5) is 18.9. The first-order valence-corrected chi connectivity index (χ1v) is 10.8. The number of benzene rings is 3. The lowest BCUT2D eigenvalue weighted by Gasteiger charge is -2.14. The van der Waals surface area contributed by atoms with Gasteiger partial charge in [0.1, 0.15) is 36.9 Å². The highest BCUT2D eigenvalue weighted by atomic mass is 35.5. The predicted molar refractivity (Wildman–Crippen MR) is 131 cm³/mol. The lowest BCUT2D eigenvalue weighted by atomic mass is 10.2. The molecule has 0 aliphatic heterocycles. The van der Waals surface area contributed by atoms with Crippen molar-refractivity contribution in [2.24, 2.45) is 0 Å². The van der Waals surface area contributed by atoms with Crippen molar-refractivity contribution in [1.82, 2.24) is 9.97 Å². The van der Waals surface area contributed by atoms with Gasteiger partial charge in [0.25, 0.3) is 0 Å². The lowest BCUT2D eigenvalue weighted by molar-refractivity contribution is -0.103. The standard InChI is InChI=1S/C26H19ClFN3O4/c1-33-24-15-23-20(26(30-16-29-23)31-18-6-9-22(28)21(27)13-18)14-25(24)35-12-11-34-19-7-4-17(5-8-19)3-2-10-32/h4-10,13-16H,11-12H2,1H3,(H,29,30,31). The third-order valence-corrected chi connectivity index (χ3v) is 5.13. The number of aromatic nitrogens is 2. The number of ether oxygens (including phenoxy) is 3. The second-order valence-corrected chi connectivity index (χ2v) is 7.51. The van der Waals surface area contributed by atoms with Gasteiger partial charge in [0, 0.05) is 22.7 Å². The zero-order valence-electron chi connectivity index (χ0n) is 18.5. The normalized spacial score (nSPS) is 10.3. The number of anilines is 2. The van der Waals surface area contributed by atoms with Crippen molar-refractivity contribution < 1.29 is 23.4 Å². The van der Waals surface area contributed by atoms with E-state index in [9.17, 15) is 9.18 Å². The van der Waals surface area contributed by atoms with Gasteiger partial charge in [-0.1, -0.05) is 17.5 Å². The van der Waals surface area contributed by atoms with Crippen molar-refractivity contribution in [3.63, 3.8) is 0 Å². The molecule has 35 heavy (non-hydrogen) atoms. The summed E-state index contributed by atoms with van der Waals surface area (Å²) in [5, 5.41) is 3.81. The van der Waals surface area contributed by atoms with E-state index in [0.29, 0.717) is 45.9 Å². The molecule has 1 aromatic heterocycles. The minimum atomic E-state index is -0.505. The van der Waals surface area contributed by atoms with E-state index in [1.807, 2.05) is 0 Å². The highest BCUT2D eigenvalue weighted by Gasteiger charge is 2.13. The zero-order chi connectivity index (χ0) is 24.6. The summed E-state index contributed by atoms with van der Waals surface area (Å²) in [7, 11) is 1.54. The Hall–Kier alpha value is -4.35. The van der Waals surface area contributed by atoms with Crippen molar-refractivity contribution in [3.8, 4) is 29.1 Å². The summed E-state index contributed by atoms with van der Waals surface area (Å²) in [5.74, 6) is 6.70. The summed E-state index contributed by atoms with van der Waals surface area (Å²) in [6.07, 6.45) is 1.96. The fourth-order valence-corrected chi connectivity index (χ4v) is 3.39. The van der Waals surface area contributed by atoms with Gasteiger partial charge in [0.2, 0.25) is 0 Å². The van der Waals surface area contributed by atoms with Crippen LogP contribution in [0, 0.1) is 17.7 Å². The Balaban J connectivity index is 1.47. The van der Waals surface area contributed by atoms with Crippen molar-refractivity contribution in [2.45, 2.75) is 0 Å². The number of nitrogens with one attached hydrogen (secondary N) is 1. The van der Waals surface area contributed by atoms with E-state index >= 15 is 0 Å². The number of fused-ring (bicyclic) bond motifs is 1. The molecule has 1 heterocycles. The Labute approximate surface area is 205 Å². The Morgan fingerprint density at radius 1 is 1.03 bits per heavy atom. The number of aldehydes is 1. The van der Waals surface area contributed by atoms with Crippen LogP contribution in [0.1, 0.15) is 5.56 Å². The highest BCUT2D eigenvalue weighted by molar-refractivity contribution is 6.31. The summed E-state index contributed by atoms with van der Waals surface area (Å²) < 4.78 is 30.6. The van der Waals surface area contributed by atoms with E-state index in [-0.39, 0.29) is 18.2 Å². The molecule has 4 aromatic rings. The second kappa shape index (κ2) is 11.2. The van der Waals surface area contributed by atoms with E-state index in [4.69, 9.17) is 25.8 Å². The van der Waals surface area contributed by atoms with Gasteiger partial charge in [-0.2, -0.15) is 0 Å². The van der Waals surface area contributed by atoms with Crippen LogP contribution >= 0.6 is 11.6 Å². The molecule has 0 spiro atoms. The number of rotatable bonds is 8. The Morgan fingerprint density at radius 3 is 2.57 bits per heavy atom. The molecule has 0 unspecified atom stereocenters. The van der Waals surface area contributed by atoms with Crippen LogP contribution in [0.5, 0.6) is 17.2 Å². The van der Waals surface area contributed by atoms with Gasteiger partial charge >= 0.3 is 0 Å². The van der Waals surface area contributed by atoms with Gasteiger partial charge in [-0.15, -0.1) is 0 Å². The first-order valence-electron chi connectivity index (χ1n) is 10.4. The van der Waals surface area contributed by atoms with E-state index in [1.54, 1.807) is 49.6 Å². The second-order valence-electron chi connectivity index (χ2n) is 7.10. The first kappa shape index (κ1) is 23.8. The van der Waals surface area contributed by atoms with Crippen molar-refractivity contribution >= 4 is 40.3 Å². The van der Waals surface area contributed by atoms with Crippen LogP contribution < -0.4 is 19.5 Å². The molecule has 1 N–H and O–H groups in total. The molecule has 0 fully saturated rings. The largest absolute Gasteiger partial charge is 0.493 e. The first-order chi connectivity index (χ1) is 17.1. The van der Waals surface area contributed by atoms with E-state index < -0.39 is 5.82 Å². The van der Waals surface area contributed by atoms with Crippen molar-refractivity contribution in [2.75, 3.05) is 25.6 Å². The fourth-order valence-electron chi connectivity index (χ4n) is 3.21. The van der Waals surface area contributed by atoms with E-state index in [1.165, 1.54) is 18.5 Å². The van der Waals surface area contributed by atoms with E-state index in [2.05, 4.69) is 27.1 Å². The Kier molecular flexibility index (Phi) is 7.60. The summed E-state index contributed by atoms with van der Waals surface area (Å²) >= 11 is 5.89. The third-order valence-electron chi connectivity index (χ3n) is 4.84. The average molecular weight is 492 g/mol. The fraction of sp³-hybridized carbons (Fsp3) is 0.115. The van der Waals surface area contributed by atoms with Crippen molar-refractivity contribution in [1.29, 1.82) is 0 Å². The zero-order valence-corrected chi connectivity index (χ0v) is 19.3. The van der Waals surface area contributed by atoms with E-state index in [0.717, 1.165) is 5.56 Å². The van der Waals surface area contributed by atoms with Crippen LogP contribution in [0.15, 0.2) is 60.9 Å². The average Bonchev–Trinajstić information content (AvgIpc) is 2.88. The smallest absolute Gasteiger partial charge is 0.193 e. The number of hydrogen-bond donors (Lipinski definition) is 1. The molecule has 4 rings (SSSR count). The minimum Gasteiger partial charge on any atom is -0.493 e. The quantitative estimate of drug-likeness (QED) is 0.206. The van der Waals surface area contributed by atoms with Crippen LogP contribution in [0.4, 0.5) is 15.9 Å². The molecule has 0 atom stereocenters. The number of nitrogens with zero attached hydrogens (tertiary/aromatic N) is 2. The molecule has 0 aliphatic rings. The van der Waals surface area contributed by atoms with Crippen LogP contribution in [0.3, 0.4) is 0 Å². The number of methoxy groups -OCH3 is 1. The Bertz CT molecular complexity index is 1420. The molecular weight excluding hydrogens is 473 g/mol. The summed E-state index contributed by atoms with van der Waals surface area (Å²) in [6, 6.07) is 14.9. The van der Waals surface area contributed by atoms with Gasteiger partial charge in [0.15, 0.2) is 17.8 Å². The lowest BCUT2D eigenvalue weighted by Crippen LogP contribution is -2.09. The SMILES string of the molecule is COc1cc2ncnc(Nc3ccc(F)c(Cl)c3)c2cc1OCCOc1ccc(C#CC=O)cc1. The van der Waals surface area contributed by atoms with Gasteiger partial charge in [0.05, 0.1) is 17.6 Å². The molecule has 0 bridgehead atoms. The molecule has 0 radical (unpaired) electrons. The van der Waals surface area contributed by atoms with Crippen molar-refractivity contribution in [3.05, 3.63) is 77.3 Å². The third kappa shape index (κ3) is 5.96. The summed E-state index contributed by atoms with van der Waals surface area (Å²) in [6.45, 7) is 0.531. The number of carbonyl (C=O) groups is 1. The maximum absolute atomic E-state index is 13.5. The van der Waals surface area contributed by atoms with Gasteiger partial charge in [-0.05, 0) is 54.5 Å². The molecule has 0 aliphatic carbocycles. The highest BCUT2D eigenvalue weighted by Crippen LogP contribution is 2.35. The molecule has 0 amide bonds. The van der Waals surface area contributed by atoms with Crippen LogP contribution in [0.2, 0.25) is 5.02 Å². The van der Waals surface area contributed by atoms with Gasteiger partial charge in [-0.25, -0.2) is 14.4 Å².